The molecule has 27 heavy (non-hydrogen) atoms. The lowest BCUT2D eigenvalue weighted by Gasteiger charge is -2.34. The first-order valence-electron chi connectivity index (χ1n) is 8.81. The van der Waals surface area contributed by atoms with Gasteiger partial charge in [-0.1, -0.05) is 42.1 Å². The Bertz CT molecular complexity index is 1020. The summed E-state index contributed by atoms with van der Waals surface area (Å²) in [6.45, 7) is 4.15. The molecule has 1 unspecified atom stereocenters. The molecule has 0 aliphatic carbocycles. The van der Waals surface area contributed by atoms with E-state index in [-0.39, 0.29) is 11.9 Å². The van der Waals surface area contributed by atoms with E-state index < -0.39 is 6.09 Å². The predicted octanol–water partition coefficient (Wildman–Crippen LogP) is 2.65. The predicted molar refractivity (Wildman–Crippen MR) is 97.4 cm³/mol. The van der Waals surface area contributed by atoms with Crippen molar-refractivity contribution in [1.29, 1.82) is 0 Å². The number of carbonyl (C=O) groups excluding carboxylic acids is 2. The van der Waals surface area contributed by atoms with Gasteiger partial charge in [-0.25, -0.2) is 14.8 Å². The number of aromatic nitrogens is 3. The molecule has 2 heterocycles. The third kappa shape index (κ3) is 2.88. The minimum absolute atomic E-state index is 0.216. The number of amides is 2. The second kappa shape index (κ2) is 6.71. The van der Waals surface area contributed by atoms with Crippen LogP contribution in [0, 0.1) is 0 Å². The summed E-state index contributed by atoms with van der Waals surface area (Å²) in [5.41, 5.74) is 2.68. The zero-order chi connectivity index (χ0) is 19.0. The fraction of sp³-hybridized carbons (Fsp3) is 0.263. The summed E-state index contributed by atoms with van der Waals surface area (Å²) in [7, 11) is 0. The van der Waals surface area contributed by atoms with Gasteiger partial charge in [0.25, 0.3) is 5.91 Å². The van der Waals surface area contributed by atoms with Crippen LogP contribution in [0.2, 0.25) is 0 Å². The molecule has 0 fully saturated rings. The van der Waals surface area contributed by atoms with Crippen LogP contribution in [0.5, 0.6) is 0 Å². The molecule has 0 spiro atoms. The lowest BCUT2D eigenvalue weighted by molar-refractivity contribution is -0.0358. The van der Waals surface area contributed by atoms with Crippen LogP contribution >= 0.6 is 0 Å². The Balaban J connectivity index is 1.63. The van der Waals surface area contributed by atoms with Crippen molar-refractivity contribution in [2.75, 3.05) is 0 Å². The van der Waals surface area contributed by atoms with Crippen molar-refractivity contribution >= 4 is 23.0 Å². The van der Waals surface area contributed by atoms with E-state index in [0.717, 1.165) is 10.4 Å². The Hall–Kier alpha value is -3.42. The van der Waals surface area contributed by atoms with E-state index in [1.165, 1.54) is 10.0 Å². The highest BCUT2D eigenvalue weighted by Gasteiger charge is 2.37. The van der Waals surface area contributed by atoms with Gasteiger partial charge >= 0.3 is 6.09 Å². The second-order valence-electron chi connectivity index (χ2n) is 6.43. The van der Waals surface area contributed by atoms with Crippen LogP contribution in [-0.2, 0) is 6.54 Å². The maximum atomic E-state index is 13.0. The molecular formula is C19H19N5O3. The van der Waals surface area contributed by atoms with Crippen LogP contribution in [0.15, 0.2) is 48.5 Å². The van der Waals surface area contributed by atoms with Gasteiger partial charge in [0, 0.05) is 5.56 Å². The molecule has 1 atom stereocenters. The molecule has 2 aromatic carbocycles. The van der Waals surface area contributed by atoms with Gasteiger partial charge in [0.2, 0.25) is 0 Å². The molecule has 4 rings (SSSR count). The van der Waals surface area contributed by atoms with Crippen molar-refractivity contribution in [3.05, 3.63) is 59.7 Å². The van der Waals surface area contributed by atoms with Gasteiger partial charge in [-0.3, -0.25) is 9.63 Å². The fourth-order valence-corrected chi connectivity index (χ4v) is 3.13. The molecule has 0 saturated carbocycles. The summed E-state index contributed by atoms with van der Waals surface area (Å²) in [5, 5.41) is 10.6. The number of benzene rings is 2. The van der Waals surface area contributed by atoms with Gasteiger partial charge in [0.1, 0.15) is 11.0 Å². The average Bonchev–Trinajstić information content (AvgIpc) is 3.24. The molecule has 3 aromatic rings. The smallest absolute Gasteiger partial charge is 0.296 e. The minimum Gasteiger partial charge on any atom is -0.296 e. The van der Waals surface area contributed by atoms with Crippen molar-refractivity contribution in [3.63, 3.8) is 0 Å². The van der Waals surface area contributed by atoms with Crippen LogP contribution < -0.4 is 4.84 Å². The standard InChI is InChI=1S/C19H19N5O3/c1-3-13(2)23(22-12-14-8-4-5-9-15(14)18(22)25)19(26)27-24-17-11-7-6-10-16(17)20-21-24/h4-11,13H,3,12H2,1-2H3. The molecule has 0 saturated heterocycles. The highest BCUT2D eigenvalue weighted by Crippen LogP contribution is 2.26. The summed E-state index contributed by atoms with van der Waals surface area (Å²) >= 11 is 0. The molecule has 0 bridgehead atoms. The van der Waals surface area contributed by atoms with Crippen LogP contribution in [0.4, 0.5) is 4.79 Å². The number of fused-ring (bicyclic) bond motifs is 2. The average molecular weight is 365 g/mol. The first kappa shape index (κ1) is 17.0. The largest absolute Gasteiger partial charge is 0.455 e. The maximum Gasteiger partial charge on any atom is 0.455 e. The van der Waals surface area contributed by atoms with Crippen molar-refractivity contribution in [2.24, 2.45) is 0 Å². The van der Waals surface area contributed by atoms with E-state index in [0.29, 0.717) is 29.6 Å². The van der Waals surface area contributed by atoms with Crippen molar-refractivity contribution in [2.45, 2.75) is 32.9 Å². The first-order chi connectivity index (χ1) is 13.1. The quantitative estimate of drug-likeness (QED) is 0.664. The second-order valence-corrected chi connectivity index (χ2v) is 6.43. The van der Waals surface area contributed by atoms with Crippen LogP contribution in [0.1, 0.15) is 36.2 Å². The Morgan fingerprint density at radius 3 is 2.74 bits per heavy atom. The van der Waals surface area contributed by atoms with E-state index in [2.05, 4.69) is 10.3 Å². The zero-order valence-electron chi connectivity index (χ0n) is 15.1. The topological polar surface area (TPSA) is 80.6 Å². The zero-order valence-corrected chi connectivity index (χ0v) is 15.1. The molecule has 1 aliphatic rings. The van der Waals surface area contributed by atoms with Crippen LogP contribution in [0.3, 0.4) is 0 Å². The van der Waals surface area contributed by atoms with Crippen LogP contribution in [0.25, 0.3) is 11.0 Å². The molecule has 8 heteroatoms. The third-order valence-electron chi connectivity index (χ3n) is 4.74. The Kier molecular flexibility index (Phi) is 4.23. The van der Waals surface area contributed by atoms with E-state index in [1.54, 1.807) is 18.2 Å². The van der Waals surface area contributed by atoms with Crippen molar-refractivity contribution in [3.8, 4) is 0 Å². The fourth-order valence-electron chi connectivity index (χ4n) is 3.13. The number of hydrogen-bond acceptors (Lipinski definition) is 5. The minimum atomic E-state index is -0.679. The summed E-state index contributed by atoms with van der Waals surface area (Å²) < 4.78 is 0. The van der Waals surface area contributed by atoms with E-state index in [4.69, 9.17) is 4.84 Å². The van der Waals surface area contributed by atoms with Gasteiger partial charge in [-0.05, 0) is 42.3 Å². The summed E-state index contributed by atoms with van der Waals surface area (Å²) in [5.74, 6) is -0.216. The van der Waals surface area contributed by atoms with Gasteiger partial charge in [-0.2, -0.15) is 0 Å². The van der Waals surface area contributed by atoms with Gasteiger partial charge < -0.3 is 0 Å². The Morgan fingerprint density at radius 2 is 1.96 bits per heavy atom. The molecule has 0 radical (unpaired) electrons. The molecule has 1 aliphatic heterocycles. The number of para-hydroxylation sites is 1. The molecule has 0 N–H and O–H groups in total. The summed E-state index contributed by atoms with van der Waals surface area (Å²) in [6.07, 6.45) is -0.0194. The van der Waals surface area contributed by atoms with Crippen molar-refractivity contribution < 1.29 is 14.4 Å². The molecule has 138 valence electrons. The SMILES string of the molecule is CCC(C)N(C(=O)On1nnc2ccccc21)N1Cc2ccccc2C1=O. The van der Waals surface area contributed by atoms with Gasteiger partial charge in [0.15, 0.2) is 0 Å². The highest BCUT2D eigenvalue weighted by molar-refractivity contribution is 5.99. The van der Waals surface area contributed by atoms with Crippen molar-refractivity contribution in [1.82, 2.24) is 25.2 Å². The number of nitrogens with zero attached hydrogens (tertiary/aromatic N) is 5. The lowest BCUT2D eigenvalue weighted by atomic mass is 10.1. The maximum absolute atomic E-state index is 13.0. The summed E-state index contributed by atoms with van der Waals surface area (Å²) in [6, 6.07) is 14.3. The van der Waals surface area contributed by atoms with E-state index >= 15 is 0 Å². The van der Waals surface area contributed by atoms with E-state index in [1.807, 2.05) is 44.2 Å². The normalized spacial score (nSPS) is 14.3. The van der Waals surface area contributed by atoms with E-state index in [9.17, 15) is 9.59 Å². The van der Waals surface area contributed by atoms with Gasteiger partial charge in [-0.15, -0.1) is 5.10 Å². The number of carbonyl (C=O) groups is 2. The number of hydrogen-bond donors (Lipinski definition) is 0. The summed E-state index contributed by atoms with van der Waals surface area (Å²) in [4.78, 5) is 32.3. The molecule has 8 nitrogen and oxygen atoms in total. The third-order valence-corrected chi connectivity index (χ3v) is 4.74. The number of hydrazine groups is 1. The number of rotatable bonds is 4. The molecule has 2 amide bonds. The monoisotopic (exact) mass is 365 g/mol. The Labute approximate surface area is 155 Å². The molecular weight excluding hydrogens is 346 g/mol. The van der Waals surface area contributed by atoms with Gasteiger partial charge in [0.05, 0.1) is 12.6 Å². The highest BCUT2D eigenvalue weighted by atomic mass is 16.7. The first-order valence-corrected chi connectivity index (χ1v) is 8.81. The lowest BCUT2D eigenvalue weighted by Crippen LogP contribution is -2.53. The Morgan fingerprint density at radius 1 is 1.22 bits per heavy atom. The van der Waals surface area contributed by atoms with Crippen LogP contribution in [-0.4, -0.2) is 43.2 Å². The molecule has 1 aromatic heterocycles.